The predicted molar refractivity (Wildman–Crippen MR) is 119 cm³/mol. The fraction of sp³-hybridized carbons (Fsp3) is 0.947. The minimum absolute atomic E-state index is 0. The summed E-state index contributed by atoms with van der Waals surface area (Å²) in [5, 5.41) is 3.47. The number of aliphatic imine (C=N–C) groups is 1. The van der Waals surface area contributed by atoms with Gasteiger partial charge >= 0.3 is 0 Å². The van der Waals surface area contributed by atoms with Crippen LogP contribution in [0.5, 0.6) is 0 Å². The van der Waals surface area contributed by atoms with Crippen LogP contribution in [0.15, 0.2) is 4.99 Å². The normalized spacial score (nSPS) is 24.6. The van der Waals surface area contributed by atoms with Gasteiger partial charge in [-0.1, -0.05) is 6.42 Å². The lowest BCUT2D eigenvalue weighted by Crippen LogP contribution is -2.42. The summed E-state index contributed by atoms with van der Waals surface area (Å²) < 4.78 is 10.7. The number of guanidine groups is 1. The van der Waals surface area contributed by atoms with Gasteiger partial charge in [-0.3, -0.25) is 9.89 Å². The van der Waals surface area contributed by atoms with E-state index in [2.05, 4.69) is 29.0 Å². The Kier molecular flexibility index (Phi) is 12.8. The van der Waals surface area contributed by atoms with Crippen LogP contribution in [0.1, 0.15) is 39.5 Å². The fourth-order valence-corrected chi connectivity index (χ4v) is 3.75. The number of nitrogens with one attached hydrogen (secondary N) is 1. The highest BCUT2D eigenvalue weighted by atomic mass is 127. The van der Waals surface area contributed by atoms with Crippen LogP contribution in [-0.4, -0.2) is 88.0 Å². The van der Waals surface area contributed by atoms with Crippen molar-refractivity contribution in [3.63, 3.8) is 0 Å². The average molecular weight is 482 g/mol. The zero-order valence-electron chi connectivity index (χ0n) is 16.9. The first kappa shape index (κ1) is 23.9. The number of likely N-dealkylation sites (tertiary alicyclic amines) is 2. The van der Waals surface area contributed by atoms with Gasteiger partial charge in [0.1, 0.15) is 0 Å². The van der Waals surface area contributed by atoms with Crippen molar-refractivity contribution < 1.29 is 9.47 Å². The largest absolute Gasteiger partial charge is 0.382 e. The van der Waals surface area contributed by atoms with E-state index in [9.17, 15) is 0 Å². The molecule has 1 N–H and O–H groups in total. The summed E-state index contributed by atoms with van der Waals surface area (Å²) in [6.45, 7) is 12.9. The van der Waals surface area contributed by atoms with Gasteiger partial charge in [-0.15, -0.1) is 24.0 Å². The average Bonchev–Trinajstić information content (AvgIpc) is 3.08. The number of halogens is 1. The summed E-state index contributed by atoms with van der Waals surface area (Å²) in [5.41, 5.74) is 0. The van der Waals surface area contributed by atoms with Gasteiger partial charge in [0, 0.05) is 45.2 Å². The third kappa shape index (κ3) is 8.27. The van der Waals surface area contributed by atoms with E-state index in [0.29, 0.717) is 25.2 Å². The van der Waals surface area contributed by atoms with E-state index in [1.807, 2.05) is 0 Å². The Morgan fingerprint density at radius 1 is 1.19 bits per heavy atom. The van der Waals surface area contributed by atoms with Crippen molar-refractivity contribution in [2.24, 2.45) is 10.9 Å². The summed E-state index contributed by atoms with van der Waals surface area (Å²) in [6, 6.07) is 0.715. The van der Waals surface area contributed by atoms with Crippen molar-refractivity contribution in [1.29, 1.82) is 0 Å². The molecule has 7 heteroatoms. The van der Waals surface area contributed by atoms with Crippen LogP contribution >= 0.6 is 24.0 Å². The summed E-state index contributed by atoms with van der Waals surface area (Å²) in [4.78, 5) is 9.88. The van der Waals surface area contributed by atoms with Gasteiger partial charge in [-0.2, -0.15) is 0 Å². The molecule has 0 saturated carbocycles. The van der Waals surface area contributed by atoms with Gasteiger partial charge in [0.05, 0.1) is 26.4 Å². The van der Waals surface area contributed by atoms with Gasteiger partial charge in [-0.05, 0) is 39.7 Å². The second-order valence-electron chi connectivity index (χ2n) is 7.28. The first-order valence-electron chi connectivity index (χ1n) is 10.1. The molecule has 154 valence electrons. The standard InChI is InChI=1S/C19H38N4O2.HI/c1-4-20-19(21-9-12-22-10-6-5-7-17(22)2)23-11-8-18(15-23)16-25-14-13-24-3;/h17-18H,4-16H2,1-3H3,(H,20,21);1H. The van der Waals surface area contributed by atoms with E-state index in [1.165, 1.54) is 32.2 Å². The fourth-order valence-electron chi connectivity index (χ4n) is 3.75. The van der Waals surface area contributed by atoms with E-state index in [1.54, 1.807) is 7.11 Å². The lowest BCUT2D eigenvalue weighted by atomic mass is 10.0. The molecule has 2 aliphatic rings. The second kappa shape index (κ2) is 14.0. The molecule has 0 amide bonds. The van der Waals surface area contributed by atoms with Crippen molar-refractivity contribution in [1.82, 2.24) is 15.1 Å². The third-order valence-electron chi connectivity index (χ3n) is 5.29. The molecular weight excluding hydrogens is 443 g/mol. The lowest BCUT2D eigenvalue weighted by Gasteiger charge is -2.33. The molecule has 0 bridgehead atoms. The Balaban J connectivity index is 0.00000338. The number of hydrogen-bond donors (Lipinski definition) is 1. The maximum atomic E-state index is 5.70. The van der Waals surface area contributed by atoms with Gasteiger partial charge in [0.2, 0.25) is 0 Å². The molecule has 0 spiro atoms. The van der Waals surface area contributed by atoms with E-state index in [0.717, 1.165) is 45.3 Å². The summed E-state index contributed by atoms with van der Waals surface area (Å²) in [6.07, 6.45) is 5.23. The van der Waals surface area contributed by atoms with Crippen LogP contribution in [-0.2, 0) is 9.47 Å². The van der Waals surface area contributed by atoms with Crippen LogP contribution in [0.4, 0.5) is 0 Å². The molecule has 2 atom stereocenters. The molecule has 26 heavy (non-hydrogen) atoms. The molecule has 2 aliphatic heterocycles. The summed E-state index contributed by atoms with van der Waals surface area (Å²) in [7, 11) is 1.71. The summed E-state index contributed by atoms with van der Waals surface area (Å²) >= 11 is 0. The number of nitrogens with zero attached hydrogens (tertiary/aromatic N) is 3. The molecular formula is C19H39IN4O2. The molecule has 2 rings (SSSR count). The van der Waals surface area contributed by atoms with Crippen LogP contribution in [0.25, 0.3) is 0 Å². The zero-order valence-corrected chi connectivity index (χ0v) is 19.2. The van der Waals surface area contributed by atoms with Crippen molar-refractivity contribution >= 4 is 29.9 Å². The Bertz CT molecular complexity index is 398. The number of ether oxygens (including phenoxy) is 2. The Morgan fingerprint density at radius 2 is 2.04 bits per heavy atom. The molecule has 0 radical (unpaired) electrons. The number of rotatable bonds is 9. The van der Waals surface area contributed by atoms with Gasteiger partial charge in [0.15, 0.2) is 5.96 Å². The number of piperidine rings is 1. The number of methoxy groups -OCH3 is 1. The second-order valence-corrected chi connectivity index (χ2v) is 7.28. The zero-order chi connectivity index (χ0) is 17.9. The van der Waals surface area contributed by atoms with Gasteiger partial charge in [0.25, 0.3) is 0 Å². The van der Waals surface area contributed by atoms with Crippen LogP contribution in [0.2, 0.25) is 0 Å². The first-order valence-corrected chi connectivity index (χ1v) is 10.1. The van der Waals surface area contributed by atoms with Crippen LogP contribution < -0.4 is 5.32 Å². The molecule has 0 aromatic heterocycles. The molecule has 0 aromatic rings. The maximum absolute atomic E-state index is 5.70. The molecule has 0 aliphatic carbocycles. The molecule has 2 fully saturated rings. The number of hydrogen-bond acceptors (Lipinski definition) is 4. The SMILES string of the molecule is CCNC(=NCCN1CCCCC1C)N1CCC(COCCOC)C1.I. The molecule has 2 unspecified atom stereocenters. The van der Waals surface area contributed by atoms with Crippen molar-refractivity contribution in [2.75, 3.05) is 66.2 Å². The van der Waals surface area contributed by atoms with Crippen LogP contribution in [0.3, 0.4) is 0 Å². The van der Waals surface area contributed by atoms with Crippen molar-refractivity contribution in [2.45, 2.75) is 45.6 Å². The van der Waals surface area contributed by atoms with Crippen molar-refractivity contribution in [3.8, 4) is 0 Å². The van der Waals surface area contributed by atoms with Crippen LogP contribution in [0, 0.1) is 5.92 Å². The van der Waals surface area contributed by atoms with E-state index in [-0.39, 0.29) is 24.0 Å². The molecule has 0 aromatic carbocycles. The molecule has 2 heterocycles. The van der Waals surface area contributed by atoms with E-state index >= 15 is 0 Å². The highest BCUT2D eigenvalue weighted by Crippen LogP contribution is 2.17. The Hall–Kier alpha value is -0.120. The Morgan fingerprint density at radius 3 is 2.77 bits per heavy atom. The first-order chi connectivity index (χ1) is 12.2. The molecule has 6 nitrogen and oxygen atoms in total. The minimum Gasteiger partial charge on any atom is -0.382 e. The van der Waals surface area contributed by atoms with Crippen molar-refractivity contribution in [3.05, 3.63) is 0 Å². The topological polar surface area (TPSA) is 49.3 Å². The summed E-state index contributed by atoms with van der Waals surface area (Å²) in [5.74, 6) is 1.68. The maximum Gasteiger partial charge on any atom is 0.193 e. The smallest absolute Gasteiger partial charge is 0.193 e. The molecule has 2 saturated heterocycles. The highest BCUT2D eigenvalue weighted by molar-refractivity contribution is 14.0. The van der Waals surface area contributed by atoms with E-state index in [4.69, 9.17) is 14.5 Å². The monoisotopic (exact) mass is 482 g/mol. The minimum atomic E-state index is 0. The highest BCUT2D eigenvalue weighted by Gasteiger charge is 2.25. The Labute approximate surface area is 177 Å². The van der Waals surface area contributed by atoms with E-state index < -0.39 is 0 Å². The quantitative estimate of drug-likeness (QED) is 0.237. The van der Waals surface area contributed by atoms with Gasteiger partial charge < -0.3 is 19.7 Å². The third-order valence-corrected chi connectivity index (χ3v) is 5.29. The predicted octanol–water partition coefficient (Wildman–Crippen LogP) is 2.43. The lowest BCUT2D eigenvalue weighted by molar-refractivity contribution is 0.0536. The van der Waals surface area contributed by atoms with Gasteiger partial charge in [-0.25, -0.2) is 0 Å².